The van der Waals surface area contributed by atoms with Crippen molar-refractivity contribution in [1.29, 1.82) is 0 Å². The van der Waals surface area contributed by atoms with Gasteiger partial charge in [-0.1, -0.05) is 6.07 Å². The van der Waals surface area contributed by atoms with Gasteiger partial charge in [0.05, 0.1) is 22.5 Å². The molecule has 8 nitrogen and oxygen atoms in total. The Morgan fingerprint density at radius 3 is 2.52 bits per heavy atom. The fraction of sp³-hybridized carbons (Fsp3) is 0.300. The highest BCUT2D eigenvalue weighted by Crippen LogP contribution is 2.28. The molecule has 31 heavy (non-hydrogen) atoms. The van der Waals surface area contributed by atoms with Gasteiger partial charge in [-0.3, -0.25) is 4.79 Å². The van der Waals surface area contributed by atoms with Gasteiger partial charge in [-0.05, 0) is 51.0 Å². The van der Waals surface area contributed by atoms with E-state index in [1.807, 2.05) is 0 Å². The van der Waals surface area contributed by atoms with Crippen molar-refractivity contribution in [2.75, 3.05) is 5.32 Å². The minimum absolute atomic E-state index is 0.113. The second kappa shape index (κ2) is 7.99. The summed E-state index contributed by atoms with van der Waals surface area (Å²) in [5.74, 6) is -2.34. The maximum absolute atomic E-state index is 12.8. The molecule has 0 unspecified atom stereocenters. The van der Waals surface area contributed by atoms with Crippen molar-refractivity contribution in [1.82, 2.24) is 14.6 Å². The number of aromatic nitrogens is 3. The van der Waals surface area contributed by atoms with Gasteiger partial charge in [-0.2, -0.15) is 18.3 Å². The number of carboxylic acid groups (broad SMARTS) is 1. The molecule has 0 radical (unpaired) electrons. The first kappa shape index (κ1) is 22.2. The number of nitrogens with one attached hydrogen (secondary N) is 1. The van der Waals surface area contributed by atoms with Crippen LogP contribution in [0.25, 0.3) is 5.52 Å². The van der Waals surface area contributed by atoms with Crippen molar-refractivity contribution in [2.24, 2.45) is 0 Å². The third-order valence-corrected chi connectivity index (χ3v) is 4.39. The Hall–Kier alpha value is -3.47. The zero-order valence-corrected chi connectivity index (χ0v) is 16.6. The molecule has 0 atom stereocenters. The number of aliphatic hydroxyl groups is 1. The average molecular weight is 436 g/mol. The van der Waals surface area contributed by atoms with Crippen molar-refractivity contribution in [2.45, 2.75) is 38.5 Å². The molecule has 3 aromatic rings. The van der Waals surface area contributed by atoms with E-state index in [9.17, 15) is 33.0 Å². The first-order valence-corrected chi connectivity index (χ1v) is 9.17. The molecule has 0 aliphatic rings. The molecule has 0 bridgehead atoms. The van der Waals surface area contributed by atoms with Gasteiger partial charge >= 0.3 is 12.1 Å². The largest absolute Gasteiger partial charge is 0.478 e. The number of amides is 1. The Bertz CT molecular complexity index is 1150. The predicted octanol–water partition coefficient (Wildman–Crippen LogP) is 3.40. The monoisotopic (exact) mass is 436 g/mol. The van der Waals surface area contributed by atoms with Crippen LogP contribution in [0.1, 0.15) is 52.5 Å². The number of aromatic carboxylic acids is 1. The normalized spacial score (nSPS) is 12.2. The van der Waals surface area contributed by atoms with Gasteiger partial charge in [-0.15, -0.1) is 0 Å². The SMILES string of the molecule is CC(C)(O)CCc1cc2cc(NC(=O)c3cccc(C(F)(F)F)n3)c(C(=O)O)cn2n1. The second-order valence-electron chi connectivity index (χ2n) is 7.58. The Balaban J connectivity index is 1.92. The lowest BCUT2D eigenvalue weighted by atomic mass is 10.0. The van der Waals surface area contributed by atoms with Gasteiger partial charge in [-0.25, -0.2) is 14.3 Å². The van der Waals surface area contributed by atoms with Crippen LogP contribution < -0.4 is 5.32 Å². The lowest BCUT2D eigenvalue weighted by Crippen LogP contribution is -2.19. The highest BCUT2D eigenvalue weighted by molar-refractivity contribution is 6.07. The minimum atomic E-state index is -4.72. The standard InChI is InChI=1S/C20H19F3N4O4/c1-19(2,31)7-6-11-8-12-9-15(13(18(29)30)10-27(12)26-11)25-17(28)14-4-3-5-16(24-14)20(21,22)23/h3-5,8-10,31H,6-7H2,1-2H3,(H,25,28)(H,29,30). The van der Waals surface area contributed by atoms with Crippen LogP contribution in [0.4, 0.5) is 18.9 Å². The van der Waals surface area contributed by atoms with Crippen LogP contribution >= 0.6 is 0 Å². The quantitative estimate of drug-likeness (QED) is 0.545. The van der Waals surface area contributed by atoms with Gasteiger partial charge in [0.2, 0.25) is 0 Å². The molecule has 0 aromatic carbocycles. The summed E-state index contributed by atoms with van der Waals surface area (Å²) < 4.78 is 39.9. The molecular formula is C20H19F3N4O4. The van der Waals surface area contributed by atoms with E-state index in [-0.39, 0.29) is 11.3 Å². The first-order valence-electron chi connectivity index (χ1n) is 9.17. The van der Waals surface area contributed by atoms with Crippen molar-refractivity contribution in [3.63, 3.8) is 0 Å². The summed E-state index contributed by atoms with van der Waals surface area (Å²) in [7, 11) is 0. The summed E-state index contributed by atoms with van der Waals surface area (Å²) in [4.78, 5) is 27.4. The molecular weight excluding hydrogens is 417 g/mol. The van der Waals surface area contributed by atoms with Crippen LogP contribution in [-0.2, 0) is 12.6 Å². The summed E-state index contributed by atoms with van der Waals surface area (Å²) >= 11 is 0. The molecule has 3 N–H and O–H groups in total. The molecule has 0 fully saturated rings. The van der Waals surface area contributed by atoms with Crippen LogP contribution in [0.5, 0.6) is 0 Å². The van der Waals surface area contributed by atoms with E-state index >= 15 is 0 Å². The lowest BCUT2D eigenvalue weighted by Gasteiger charge is -2.15. The Labute approximate surface area is 174 Å². The number of nitrogens with zero attached hydrogens (tertiary/aromatic N) is 3. The van der Waals surface area contributed by atoms with E-state index in [0.29, 0.717) is 24.1 Å². The van der Waals surface area contributed by atoms with Gasteiger partial charge in [0.25, 0.3) is 5.91 Å². The van der Waals surface area contributed by atoms with Gasteiger partial charge in [0.1, 0.15) is 17.0 Å². The molecule has 0 saturated carbocycles. The van der Waals surface area contributed by atoms with Gasteiger partial charge in [0.15, 0.2) is 0 Å². The van der Waals surface area contributed by atoms with E-state index in [4.69, 9.17) is 0 Å². The lowest BCUT2D eigenvalue weighted by molar-refractivity contribution is -0.141. The van der Waals surface area contributed by atoms with E-state index in [1.165, 1.54) is 16.8 Å². The Morgan fingerprint density at radius 2 is 1.90 bits per heavy atom. The number of pyridine rings is 2. The smallest absolute Gasteiger partial charge is 0.433 e. The highest BCUT2D eigenvalue weighted by atomic mass is 19.4. The summed E-state index contributed by atoms with van der Waals surface area (Å²) in [6, 6.07) is 5.88. The number of anilines is 1. The number of rotatable bonds is 6. The Kier molecular flexibility index (Phi) is 5.72. The number of alkyl halides is 3. The third kappa shape index (κ3) is 5.37. The number of carbonyl (C=O) groups excluding carboxylic acids is 1. The summed E-state index contributed by atoms with van der Waals surface area (Å²) in [6.07, 6.45) is -2.67. The van der Waals surface area contributed by atoms with Crippen LogP contribution in [0.3, 0.4) is 0 Å². The molecule has 1 amide bonds. The fourth-order valence-corrected chi connectivity index (χ4v) is 2.83. The van der Waals surface area contributed by atoms with Crippen molar-refractivity contribution < 1.29 is 33.0 Å². The molecule has 3 aromatic heterocycles. The van der Waals surface area contributed by atoms with E-state index in [2.05, 4.69) is 15.4 Å². The number of hydrogen-bond acceptors (Lipinski definition) is 5. The van der Waals surface area contributed by atoms with Crippen LogP contribution in [-0.4, -0.2) is 42.3 Å². The Morgan fingerprint density at radius 1 is 1.19 bits per heavy atom. The first-order chi connectivity index (χ1) is 14.3. The van der Waals surface area contributed by atoms with Crippen LogP contribution in [0.15, 0.2) is 36.5 Å². The van der Waals surface area contributed by atoms with E-state index < -0.39 is 35.0 Å². The molecule has 0 aliphatic carbocycles. The minimum Gasteiger partial charge on any atom is -0.478 e. The second-order valence-corrected chi connectivity index (χ2v) is 7.58. The molecule has 0 saturated heterocycles. The maximum Gasteiger partial charge on any atom is 0.433 e. The van der Waals surface area contributed by atoms with Gasteiger partial charge < -0.3 is 15.5 Å². The topological polar surface area (TPSA) is 117 Å². The number of fused-ring (bicyclic) bond motifs is 1. The summed E-state index contributed by atoms with van der Waals surface area (Å²) in [5.41, 5.74) is -2.00. The van der Waals surface area contributed by atoms with Crippen molar-refractivity contribution >= 4 is 23.1 Å². The summed E-state index contributed by atoms with van der Waals surface area (Å²) in [6.45, 7) is 3.31. The van der Waals surface area contributed by atoms with Crippen LogP contribution in [0, 0.1) is 0 Å². The third-order valence-electron chi connectivity index (χ3n) is 4.39. The molecule has 0 aliphatic heterocycles. The number of hydrogen-bond donors (Lipinski definition) is 3. The fourth-order valence-electron chi connectivity index (χ4n) is 2.83. The van der Waals surface area contributed by atoms with Crippen molar-refractivity contribution in [3.05, 3.63) is 59.2 Å². The maximum atomic E-state index is 12.8. The van der Waals surface area contributed by atoms with E-state index in [1.54, 1.807) is 19.9 Å². The number of halogens is 3. The van der Waals surface area contributed by atoms with Gasteiger partial charge in [0, 0.05) is 6.20 Å². The van der Waals surface area contributed by atoms with Crippen LogP contribution in [0.2, 0.25) is 0 Å². The molecule has 11 heteroatoms. The number of carboxylic acids is 1. The zero-order valence-electron chi connectivity index (χ0n) is 16.6. The molecule has 3 rings (SSSR count). The predicted molar refractivity (Wildman–Crippen MR) is 104 cm³/mol. The molecule has 3 heterocycles. The average Bonchev–Trinajstić information content (AvgIpc) is 3.06. The van der Waals surface area contributed by atoms with E-state index in [0.717, 1.165) is 18.2 Å². The number of carbonyl (C=O) groups is 2. The zero-order chi connectivity index (χ0) is 23.0. The van der Waals surface area contributed by atoms with Crippen molar-refractivity contribution in [3.8, 4) is 0 Å². The number of aryl methyl sites for hydroxylation is 1. The highest BCUT2D eigenvalue weighted by Gasteiger charge is 2.33. The molecule has 0 spiro atoms. The molecule has 164 valence electrons. The summed E-state index contributed by atoms with van der Waals surface area (Å²) in [5, 5.41) is 25.9.